The minimum atomic E-state index is -0.361. The Morgan fingerprint density at radius 3 is 2.17 bits per heavy atom. The molecule has 2 heterocycles. The average molecular weight is 326 g/mol. The fourth-order valence-electron chi connectivity index (χ4n) is 3.12. The van der Waals surface area contributed by atoms with E-state index in [0.717, 1.165) is 23.4 Å². The number of rotatable bonds is 3. The Labute approximate surface area is 145 Å². The van der Waals surface area contributed by atoms with E-state index in [9.17, 15) is 0 Å². The van der Waals surface area contributed by atoms with Crippen LogP contribution in [0, 0.1) is 20.8 Å². The highest BCUT2D eigenvalue weighted by Gasteiger charge is 2.53. The molecule has 0 radical (unpaired) electrons. The highest BCUT2D eigenvalue weighted by molar-refractivity contribution is 6.63. The standard InChI is InChI=1S/C19H27BN2O2/c1-13-10-8-9-11-16(13)12-22-15(3)17(14(2)21-22)20-23-18(4,5)19(6,7)24-20/h8-11H,12H2,1-7H3. The molecule has 0 N–H and O–H groups in total. The molecule has 1 aliphatic heterocycles. The molecule has 2 aromatic rings. The van der Waals surface area contributed by atoms with Crippen LogP contribution in [-0.2, 0) is 15.9 Å². The van der Waals surface area contributed by atoms with Crippen molar-refractivity contribution in [2.45, 2.75) is 66.2 Å². The largest absolute Gasteiger partial charge is 0.498 e. The van der Waals surface area contributed by atoms with Crippen LogP contribution >= 0.6 is 0 Å². The van der Waals surface area contributed by atoms with Gasteiger partial charge in [-0.05, 0) is 59.6 Å². The van der Waals surface area contributed by atoms with Crippen LogP contribution in [-0.4, -0.2) is 28.1 Å². The minimum Gasteiger partial charge on any atom is -0.399 e. The molecule has 0 spiro atoms. The summed E-state index contributed by atoms with van der Waals surface area (Å²) in [7, 11) is -0.361. The Hall–Kier alpha value is -1.59. The van der Waals surface area contributed by atoms with Crippen molar-refractivity contribution in [1.29, 1.82) is 0 Å². The number of hydrogen-bond donors (Lipinski definition) is 0. The molecule has 5 heteroatoms. The van der Waals surface area contributed by atoms with Crippen molar-refractivity contribution in [1.82, 2.24) is 9.78 Å². The van der Waals surface area contributed by atoms with E-state index in [1.807, 2.05) is 6.92 Å². The summed E-state index contributed by atoms with van der Waals surface area (Å²) in [6.07, 6.45) is 0. The summed E-state index contributed by atoms with van der Waals surface area (Å²) in [6.45, 7) is 15.3. The predicted molar refractivity (Wildman–Crippen MR) is 97.7 cm³/mol. The van der Waals surface area contributed by atoms with Crippen molar-refractivity contribution >= 4 is 12.6 Å². The van der Waals surface area contributed by atoms with Crippen LogP contribution in [0.2, 0.25) is 0 Å². The molecule has 3 rings (SSSR count). The van der Waals surface area contributed by atoms with Crippen LogP contribution in [0.25, 0.3) is 0 Å². The fourth-order valence-corrected chi connectivity index (χ4v) is 3.12. The quantitative estimate of drug-likeness (QED) is 0.813. The Morgan fingerprint density at radius 2 is 1.58 bits per heavy atom. The molecule has 0 bridgehead atoms. The lowest BCUT2D eigenvalue weighted by atomic mass is 9.77. The van der Waals surface area contributed by atoms with Crippen molar-refractivity contribution in [3.8, 4) is 0 Å². The van der Waals surface area contributed by atoms with Gasteiger partial charge < -0.3 is 9.31 Å². The molecule has 1 aromatic heterocycles. The average Bonchev–Trinajstić information content (AvgIpc) is 2.85. The van der Waals surface area contributed by atoms with Gasteiger partial charge in [0.25, 0.3) is 0 Å². The topological polar surface area (TPSA) is 36.3 Å². The summed E-state index contributed by atoms with van der Waals surface area (Å²) in [6, 6.07) is 8.43. The first kappa shape index (κ1) is 17.2. The lowest BCUT2D eigenvalue weighted by molar-refractivity contribution is 0.00578. The van der Waals surface area contributed by atoms with Crippen LogP contribution in [0.3, 0.4) is 0 Å². The number of hydrogen-bond acceptors (Lipinski definition) is 3. The summed E-state index contributed by atoms with van der Waals surface area (Å²) in [4.78, 5) is 0. The third-order valence-electron chi connectivity index (χ3n) is 5.51. The summed E-state index contributed by atoms with van der Waals surface area (Å²) < 4.78 is 14.5. The van der Waals surface area contributed by atoms with Gasteiger partial charge in [0.15, 0.2) is 0 Å². The molecular formula is C19H27BN2O2. The molecule has 1 aromatic carbocycles. The van der Waals surface area contributed by atoms with Gasteiger partial charge in [-0.15, -0.1) is 0 Å². The van der Waals surface area contributed by atoms with Gasteiger partial charge in [0.1, 0.15) is 0 Å². The van der Waals surface area contributed by atoms with Gasteiger partial charge in [0, 0.05) is 11.2 Å². The van der Waals surface area contributed by atoms with E-state index in [0.29, 0.717) is 0 Å². The molecule has 4 nitrogen and oxygen atoms in total. The molecule has 0 aliphatic carbocycles. The van der Waals surface area contributed by atoms with Crippen molar-refractivity contribution in [3.63, 3.8) is 0 Å². The van der Waals surface area contributed by atoms with Gasteiger partial charge in [-0.3, -0.25) is 4.68 Å². The Balaban J connectivity index is 1.92. The van der Waals surface area contributed by atoms with E-state index in [1.165, 1.54) is 11.1 Å². The summed E-state index contributed by atoms with van der Waals surface area (Å²) in [5.74, 6) is 0. The van der Waals surface area contributed by atoms with Crippen molar-refractivity contribution in [3.05, 3.63) is 46.8 Å². The molecule has 1 fully saturated rings. The second-order valence-electron chi connectivity index (χ2n) is 7.76. The first-order valence-electron chi connectivity index (χ1n) is 8.56. The van der Waals surface area contributed by atoms with Gasteiger partial charge >= 0.3 is 7.12 Å². The van der Waals surface area contributed by atoms with E-state index in [1.54, 1.807) is 0 Å². The van der Waals surface area contributed by atoms with Gasteiger partial charge in [-0.2, -0.15) is 5.10 Å². The molecule has 128 valence electrons. The highest BCUT2D eigenvalue weighted by atomic mass is 16.7. The second-order valence-corrected chi connectivity index (χ2v) is 7.76. The van der Waals surface area contributed by atoms with Gasteiger partial charge in [-0.25, -0.2) is 0 Å². The molecule has 24 heavy (non-hydrogen) atoms. The molecule has 1 aliphatic rings. The Kier molecular flexibility index (Phi) is 4.13. The lowest BCUT2D eigenvalue weighted by Crippen LogP contribution is -2.41. The van der Waals surface area contributed by atoms with E-state index in [4.69, 9.17) is 14.4 Å². The zero-order chi connectivity index (χ0) is 17.7. The molecule has 0 amide bonds. The number of nitrogens with zero attached hydrogens (tertiary/aromatic N) is 2. The lowest BCUT2D eigenvalue weighted by Gasteiger charge is -2.32. The fraction of sp³-hybridized carbons (Fsp3) is 0.526. The smallest absolute Gasteiger partial charge is 0.399 e. The van der Waals surface area contributed by atoms with Gasteiger partial charge in [-0.1, -0.05) is 24.3 Å². The van der Waals surface area contributed by atoms with Crippen LogP contribution in [0.1, 0.15) is 50.2 Å². The molecular weight excluding hydrogens is 299 g/mol. The first-order chi connectivity index (χ1) is 11.1. The van der Waals surface area contributed by atoms with Crippen LogP contribution in [0.15, 0.2) is 24.3 Å². The van der Waals surface area contributed by atoms with Crippen LogP contribution < -0.4 is 5.46 Å². The monoisotopic (exact) mass is 326 g/mol. The van der Waals surface area contributed by atoms with Crippen molar-refractivity contribution in [2.75, 3.05) is 0 Å². The van der Waals surface area contributed by atoms with E-state index in [-0.39, 0.29) is 18.3 Å². The summed E-state index contributed by atoms with van der Waals surface area (Å²) >= 11 is 0. The van der Waals surface area contributed by atoms with Crippen LogP contribution in [0.4, 0.5) is 0 Å². The summed E-state index contributed by atoms with van der Waals surface area (Å²) in [5.41, 5.74) is 5.02. The van der Waals surface area contributed by atoms with Gasteiger partial charge in [0.2, 0.25) is 0 Å². The number of benzene rings is 1. The van der Waals surface area contributed by atoms with Gasteiger partial charge in [0.05, 0.1) is 23.4 Å². The van der Waals surface area contributed by atoms with E-state index in [2.05, 4.69) is 70.5 Å². The normalized spacial score (nSPS) is 19.0. The molecule has 0 saturated carbocycles. The minimum absolute atomic E-state index is 0.339. The maximum Gasteiger partial charge on any atom is 0.498 e. The van der Waals surface area contributed by atoms with E-state index >= 15 is 0 Å². The second kappa shape index (κ2) is 5.75. The number of aromatic nitrogens is 2. The predicted octanol–water partition coefficient (Wildman–Crippen LogP) is 3.16. The zero-order valence-corrected chi connectivity index (χ0v) is 15.8. The molecule has 1 saturated heterocycles. The molecule has 0 unspecified atom stereocenters. The maximum atomic E-state index is 6.22. The van der Waals surface area contributed by atoms with Crippen molar-refractivity contribution in [2.24, 2.45) is 0 Å². The molecule has 0 atom stereocenters. The third kappa shape index (κ3) is 2.80. The third-order valence-corrected chi connectivity index (χ3v) is 5.51. The number of aryl methyl sites for hydroxylation is 2. The Morgan fingerprint density at radius 1 is 1.00 bits per heavy atom. The van der Waals surface area contributed by atoms with Crippen LogP contribution in [0.5, 0.6) is 0 Å². The maximum absolute atomic E-state index is 6.22. The highest BCUT2D eigenvalue weighted by Crippen LogP contribution is 2.36. The Bertz CT molecular complexity index is 749. The van der Waals surface area contributed by atoms with Crippen molar-refractivity contribution < 1.29 is 9.31 Å². The summed E-state index contributed by atoms with van der Waals surface area (Å²) in [5, 5.41) is 4.74. The zero-order valence-electron chi connectivity index (χ0n) is 15.8. The first-order valence-corrected chi connectivity index (χ1v) is 8.56. The van der Waals surface area contributed by atoms with E-state index < -0.39 is 0 Å². The SMILES string of the molecule is Cc1ccccc1Cn1nc(C)c(B2OC(C)(C)C(C)(C)O2)c1C.